The molecule has 1 aromatic carbocycles. The second-order valence-corrected chi connectivity index (χ2v) is 13.0. The number of imidazole rings is 1. The average molecular weight is 706 g/mol. The van der Waals surface area contributed by atoms with E-state index >= 15 is 0 Å². The summed E-state index contributed by atoms with van der Waals surface area (Å²) in [5, 5.41) is 2.67. The highest BCUT2D eigenvalue weighted by atomic mass is 31.1. The molecule has 0 amide bonds. The van der Waals surface area contributed by atoms with Gasteiger partial charge in [0, 0.05) is 6.42 Å². The SMILES string of the molecule is CC(C)OC[C@H](N[PH](=O)Oc1ccccc1CCC(=O)OC(C)C)C(=O)OC[C@H]1O[C@@H](Cn2cnc3c(N)nc(N)nc32)[C@H]2OC(=O)O[C@@H]21. The number of carbonyl (C=O) groups is 3. The van der Waals surface area contributed by atoms with E-state index in [0.717, 1.165) is 0 Å². The summed E-state index contributed by atoms with van der Waals surface area (Å²) in [5.41, 5.74) is 13.0. The molecule has 3 aromatic rings. The Kier molecular flexibility index (Phi) is 11.5. The molecule has 0 saturated carbocycles. The Morgan fingerprint density at radius 2 is 1.80 bits per heavy atom. The van der Waals surface area contributed by atoms with E-state index in [1.54, 1.807) is 56.5 Å². The van der Waals surface area contributed by atoms with Gasteiger partial charge in [0.25, 0.3) is 0 Å². The van der Waals surface area contributed by atoms with Crippen LogP contribution in [-0.2, 0) is 55.5 Å². The Labute approximate surface area is 282 Å². The van der Waals surface area contributed by atoms with Crippen LogP contribution in [-0.4, -0.2) is 93.5 Å². The first-order valence-electron chi connectivity index (χ1n) is 15.7. The van der Waals surface area contributed by atoms with Crippen molar-refractivity contribution in [1.29, 1.82) is 0 Å². The van der Waals surface area contributed by atoms with E-state index < -0.39 is 50.8 Å². The van der Waals surface area contributed by atoms with Gasteiger partial charge in [0.15, 0.2) is 23.7 Å². The van der Waals surface area contributed by atoms with Gasteiger partial charge in [-0.05, 0) is 45.7 Å². The fourth-order valence-electron chi connectivity index (χ4n) is 5.29. The van der Waals surface area contributed by atoms with Crippen molar-refractivity contribution in [2.45, 2.75) is 89.7 Å². The highest BCUT2D eigenvalue weighted by Gasteiger charge is 2.54. The maximum Gasteiger partial charge on any atom is 0.509 e. The molecule has 4 heterocycles. The topological polar surface area (TPSA) is 241 Å². The summed E-state index contributed by atoms with van der Waals surface area (Å²) >= 11 is 0. The van der Waals surface area contributed by atoms with E-state index in [1.165, 1.54) is 6.33 Å². The monoisotopic (exact) mass is 705 g/mol. The van der Waals surface area contributed by atoms with Crippen molar-refractivity contribution in [3.05, 3.63) is 36.2 Å². The molecule has 6 atom stereocenters. The van der Waals surface area contributed by atoms with E-state index in [9.17, 15) is 18.9 Å². The lowest BCUT2D eigenvalue weighted by atomic mass is 10.1. The van der Waals surface area contributed by atoms with Crippen molar-refractivity contribution >= 4 is 49.2 Å². The third-order valence-corrected chi connectivity index (χ3v) is 8.45. The van der Waals surface area contributed by atoms with Gasteiger partial charge in [0.2, 0.25) is 5.95 Å². The van der Waals surface area contributed by atoms with Crippen LogP contribution in [0.3, 0.4) is 0 Å². The number of ether oxygens (including phenoxy) is 6. The van der Waals surface area contributed by atoms with Crippen LogP contribution in [0, 0.1) is 0 Å². The van der Waals surface area contributed by atoms with Gasteiger partial charge in [-0.2, -0.15) is 9.97 Å². The number of rotatable bonds is 16. The zero-order chi connectivity index (χ0) is 35.2. The van der Waals surface area contributed by atoms with Crippen molar-refractivity contribution < 1.29 is 51.9 Å². The summed E-state index contributed by atoms with van der Waals surface area (Å²) in [4.78, 5) is 49.8. The van der Waals surface area contributed by atoms with Gasteiger partial charge in [0.1, 0.15) is 36.1 Å². The van der Waals surface area contributed by atoms with Crippen LogP contribution in [0.1, 0.15) is 39.7 Å². The molecule has 5 rings (SSSR count). The maximum atomic E-state index is 13.3. The van der Waals surface area contributed by atoms with Crippen LogP contribution >= 0.6 is 8.18 Å². The molecule has 0 aliphatic carbocycles. The number of nitrogen functional groups attached to an aromatic ring is 2. The maximum absolute atomic E-state index is 13.3. The highest BCUT2D eigenvalue weighted by molar-refractivity contribution is 7.37. The summed E-state index contributed by atoms with van der Waals surface area (Å²) in [6.07, 6.45) is -2.82. The molecule has 18 nitrogen and oxygen atoms in total. The quantitative estimate of drug-likeness (QED) is 0.110. The molecule has 0 spiro atoms. The third-order valence-electron chi connectivity index (χ3n) is 7.46. The Morgan fingerprint density at radius 3 is 2.53 bits per heavy atom. The number of hydrogen-bond donors (Lipinski definition) is 3. The minimum absolute atomic E-state index is 0.0390. The number of aryl methyl sites for hydroxylation is 1. The highest BCUT2D eigenvalue weighted by Crippen LogP contribution is 2.34. The van der Waals surface area contributed by atoms with Crippen LogP contribution in [0.2, 0.25) is 0 Å². The van der Waals surface area contributed by atoms with Crippen molar-refractivity contribution in [3.63, 3.8) is 0 Å². The van der Waals surface area contributed by atoms with Crippen molar-refractivity contribution in [3.8, 4) is 5.75 Å². The molecule has 49 heavy (non-hydrogen) atoms. The Morgan fingerprint density at radius 1 is 1.06 bits per heavy atom. The van der Waals surface area contributed by atoms with Crippen LogP contribution < -0.4 is 21.1 Å². The number of para-hydroxylation sites is 1. The average Bonchev–Trinajstić information content (AvgIpc) is 3.71. The summed E-state index contributed by atoms with van der Waals surface area (Å²) < 4.78 is 53.7. The molecule has 0 radical (unpaired) electrons. The van der Waals surface area contributed by atoms with Crippen molar-refractivity contribution in [2.24, 2.45) is 0 Å². The normalized spacial score (nSPS) is 21.3. The summed E-state index contributed by atoms with van der Waals surface area (Å²) in [7, 11) is -3.08. The molecule has 5 N–H and O–H groups in total. The number of hydrogen-bond acceptors (Lipinski definition) is 16. The number of aromatic nitrogens is 4. The Balaban J connectivity index is 1.21. The van der Waals surface area contributed by atoms with Crippen LogP contribution in [0.15, 0.2) is 30.6 Å². The zero-order valence-electron chi connectivity index (χ0n) is 27.4. The lowest BCUT2D eigenvalue weighted by molar-refractivity contribution is -0.153. The molecule has 19 heteroatoms. The second-order valence-electron chi connectivity index (χ2n) is 11.9. The van der Waals surface area contributed by atoms with E-state index in [4.69, 9.17) is 44.4 Å². The van der Waals surface area contributed by atoms with Gasteiger partial charge in [-0.1, -0.05) is 18.2 Å². The molecule has 266 valence electrons. The zero-order valence-corrected chi connectivity index (χ0v) is 28.4. The van der Waals surface area contributed by atoms with Gasteiger partial charge >= 0.3 is 26.3 Å². The van der Waals surface area contributed by atoms with Crippen LogP contribution in [0.4, 0.5) is 16.6 Å². The molecule has 2 saturated heterocycles. The predicted molar refractivity (Wildman–Crippen MR) is 173 cm³/mol. The molecule has 2 aliphatic rings. The van der Waals surface area contributed by atoms with E-state index in [0.29, 0.717) is 23.1 Å². The van der Waals surface area contributed by atoms with Crippen molar-refractivity contribution in [2.75, 3.05) is 24.7 Å². The number of nitrogens with zero attached hydrogens (tertiary/aromatic N) is 4. The van der Waals surface area contributed by atoms with Crippen LogP contribution in [0.25, 0.3) is 11.2 Å². The Bertz CT molecular complexity index is 1690. The lowest BCUT2D eigenvalue weighted by Crippen LogP contribution is -2.41. The summed E-state index contributed by atoms with van der Waals surface area (Å²) in [5.74, 6) is -0.813. The number of fused-ring (bicyclic) bond motifs is 2. The number of nitrogens with two attached hydrogens (primary N) is 2. The molecule has 2 fully saturated rings. The van der Waals surface area contributed by atoms with Gasteiger partial charge in [0.05, 0.1) is 31.7 Å². The summed E-state index contributed by atoms with van der Waals surface area (Å²) in [6.45, 7) is 6.71. The Hall–Kier alpha value is -4.51. The van der Waals surface area contributed by atoms with Gasteiger partial charge < -0.3 is 49.0 Å². The predicted octanol–water partition coefficient (Wildman–Crippen LogP) is 1.94. The first-order valence-corrected chi connectivity index (χ1v) is 17.0. The van der Waals surface area contributed by atoms with E-state index in [2.05, 4.69) is 20.0 Å². The molecule has 1 unspecified atom stereocenters. The van der Waals surface area contributed by atoms with Gasteiger partial charge in [-0.25, -0.2) is 14.9 Å². The number of nitrogens with one attached hydrogen (secondary N) is 1. The van der Waals surface area contributed by atoms with Crippen molar-refractivity contribution in [1.82, 2.24) is 24.6 Å². The van der Waals surface area contributed by atoms with Gasteiger partial charge in [-0.15, -0.1) is 0 Å². The number of carbonyl (C=O) groups excluding carboxylic acids is 3. The van der Waals surface area contributed by atoms with Gasteiger partial charge in [-0.3, -0.25) is 14.2 Å². The van der Waals surface area contributed by atoms with E-state index in [-0.39, 0.29) is 61.9 Å². The molecule has 2 aromatic heterocycles. The largest absolute Gasteiger partial charge is 0.509 e. The third kappa shape index (κ3) is 9.14. The fourth-order valence-corrected chi connectivity index (χ4v) is 6.24. The minimum Gasteiger partial charge on any atom is -0.463 e. The smallest absolute Gasteiger partial charge is 0.463 e. The molecule has 0 bridgehead atoms. The molecular weight excluding hydrogens is 665 g/mol. The molecule has 2 aliphatic heterocycles. The summed E-state index contributed by atoms with van der Waals surface area (Å²) in [6, 6.07) is 5.64. The number of anilines is 2. The van der Waals surface area contributed by atoms with E-state index in [1.807, 2.05) is 0 Å². The minimum atomic E-state index is -3.08. The first kappa shape index (κ1) is 35.8. The number of benzene rings is 1. The lowest BCUT2D eigenvalue weighted by Gasteiger charge is -2.21. The number of esters is 2. The van der Waals surface area contributed by atoms with Crippen LogP contribution in [0.5, 0.6) is 5.75 Å². The second kappa shape index (κ2) is 15.8. The fraction of sp³-hybridized carbons (Fsp3) is 0.533. The molecular formula is C30H40N7O11P. The first-order chi connectivity index (χ1) is 23.4. The standard InChI is InChI=1S/C30H40N7O11P/c1-15(2)42-12-18(36-49(41)48-19-8-6-5-7-17(19)9-10-22(38)44-16(3)4)28(39)43-13-21-25-24(46-30(40)47-25)20(45-21)11-37-14-33-23-26(31)34-29(32)35-27(23)37/h5-8,14-16,18,20-21,24-25,49H,9-13H2,1-4H3,(H,36,41)(H4,31,32,34,35)/t18-,20-,21+,24+,25+/m0/s1.